The van der Waals surface area contributed by atoms with Gasteiger partial charge in [0.15, 0.2) is 0 Å². The molecule has 4 aliphatic rings. The predicted octanol–water partition coefficient (Wildman–Crippen LogP) is 2.56. The molecule has 7 heteroatoms. The van der Waals surface area contributed by atoms with Crippen molar-refractivity contribution < 1.29 is 23.8 Å². The van der Waals surface area contributed by atoms with Crippen LogP contribution in [0.15, 0.2) is 23.8 Å². The fourth-order valence-corrected chi connectivity index (χ4v) is 4.78. The van der Waals surface area contributed by atoms with Crippen molar-refractivity contribution in [1.82, 2.24) is 10.2 Å². The Morgan fingerprint density at radius 3 is 3.00 bits per heavy atom. The highest BCUT2D eigenvalue weighted by Crippen LogP contribution is 2.49. The van der Waals surface area contributed by atoms with Gasteiger partial charge in [-0.1, -0.05) is 12.7 Å². The number of nitrogens with zero attached hydrogens (tertiary/aromatic N) is 1. The van der Waals surface area contributed by atoms with Gasteiger partial charge in [0.25, 0.3) is 0 Å². The standard InChI is InChI=1S/C22H32N2O5/c1-15-17-8-7-16(14-27-21(26)23-10-13-24-11-3-4-12-24)6-5-9-22(2)19(29-22)18(17)28-20(15)25/h6,17-19H,1,3-5,7-14H2,2H3,(H,23,26)/b16-6+/t17-,18-,19-,22+/m0/s1. The minimum Gasteiger partial charge on any atom is -0.455 e. The second-order valence-corrected chi connectivity index (χ2v) is 8.84. The maximum atomic E-state index is 12.0. The largest absolute Gasteiger partial charge is 0.455 e. The van der Waals surface area contributed by atoms with Gasteiger partial charge in [-0.3, -0.25) is 0 Å². The molecule has 29 heavy (non-hydrogen) atoms. The van der Waals surface area contributed by atoms with E-state index in [2.05, 4.69) is 29.8 Å². The van der Waals surface area contributed by atoms with Crippen LogP contribution in [0.25, 0.3) is 0 Å². The maximum absolute atomic E-state index is 12.0. The number of ether oxygens (including phenoxy) is 3. The van der Waals surface area contributed by atoms with Crippen molar-refractivity contribution in [2.45, 2.75) is 63.3 Å². The quantitative estimate of drug-likeness (QED) is 0.328. The monoisotopic (exact) mass is 404 g/mol. The number of rotatable bonds is 5. The lowest BCUT2D eigenvalue weighted by atomic mass is 9.84. The van der Waals surface area contributed by atoms with Crippen molar-refractivity contribution in [3.63, 3.8) is 0 Å². The number of likely N-dealkylation sites (tertiary alicyclic amines) is 1. The molecular formula is C22H32N2O5. The summed E-state index contributed by atoms with van der Waals surface area (Å²) in [7, 11) is 0. The summed E-state index contributed by atoms with van der Waals surface area (Å²) in [5.41, 5.74) is 1.36. The van der Waals surface area contributed by atoms with Crippen molar-refractivity contribution in [1.29, 1.82) is 0 Å². The zero-order valence-corrected chi connectivity index (χ0v) is 17.3. The first-order chi connectivity index (χ1) is 14.0. The number of carbonyl (C=O) groups excluding carboxylic acids is 2. The molecule has 0 aromatic heterocycles. The summed E-state index contributed by atoms with van der Waals surface area (Å²) in [5.74, 6) is -0.346. The molecule has 1 N–H and O–H groups in total. The van der Waals surface area contributed by atoms with Gasteiger partial charge in [-0.05, 0) is 64.1 Å². The van der Waals surface area contributed by atoms with Crippen molar-refractivity contribution in [2.24, 2.45) is 5.92 Å². The Hall–Kier alpha value is -1.86. The van der Waals surface area contributed by atoms with Crippen molar-refractivity contribution in [3.8, 4) is 0 Å². The van der Waals surface area contributed by atoms with Crippen LogP contribution in [0, 0.1) is 5.92 Å². The molecule has 1 amide bonds. The smallest absolute Gasteiger partial charge is 0.407 e. The van der Waals surface area contributed by atoms with Crippen LogP contribution in [-0.2, 0) is 19.0 Å². The number of esters is 1. The molecule has 3 fully saturated rings. The van der Waals surface area contributed by atoms with Gasteiger partial charge in [0.2, 0.25) is 0 Å². The van der Waals surface area contributed by atoms with Crippen molar-refractivity contribution in [3.05, 3.63) is 23.8 Å². The predicted molar refractivity (Wildman–Crippen MR) is 107 cm³/mol. The Morgan fingerprint density at radius 2 is 2.21 bits per heavy atom. The van der Waals surface area contributed by atoms with Gasteiger partial charge in [0.05, 0.1) is 5.60 Å². The minimum absolute atomic E-state index is 0.0369. The number of fused-ring (bicyclic) bond motifs is 3. The summed E-state index contributed by atoms with van der Waals surface area (Å²) >= 11 is 0. The maximum Gasteiger partial charge on any atom is 0.407 e. The topological polar surface area (TPSA) is 80.4 Å². The minimum atomic E-state index is -0.374. The molecule has 0 aromatic rings. The second-order valence-electron chi connectivity index (χ2n) is 8.84. The molecule has 7 nitrogen and oxygen atoms in total. The Labute approximate surface area is 172 Å². The second kappa shape index (κ2) is 8.48. The normalized spacial score (nSPS) is 36.4. The molecule has 160 valence electrons. The van der Waals surface area contributed by atoms with E-state index in [1.54, 1.807) is 0 Å². The molecule has 0 aromatic carbocycles. The summed E-state index contributed by atoms with van der Waals surface area (Å²) < 4.78 is 16.9. The zero-order chi connectivity index (χ0) is 20.4. The number of nitrogens with one attached hydrogen (secondary N) is 1. The Balaban J connectivity index is 1.28. The molecule has 0 saturated carbocycles. The van der Waals surface area contributed by atoms with Gasteiger partial charge >= 0.3 is 12.1 Å². The number of alkyl carbamates (subject to hydrolysis) is 1. The highest BCUT2D eigenvalue weighted by molar-refractivity contribution is 5.91. The van der Waals surface area contributed by atoms with E-state index in [1.165, 1.54) is 12.8 Å². The van der Waals surface area contributed by atoms with E-state index in [4.69, 9.17) is 14.2 Å². The van der Waals surface area contributed by atoms with Gasteiger partial charge in [0.1, 0.15) is 18.8 Å². The lowest BCUT2D eigenvalue weighted by Crippen LogP contribution is -2.34. The van der Waals surface area contributed by atoms with Crippen molar-refractivity contribution in [2.75, 3.05) is 32.8 Å². The third-order valence-electron chi connectivity index (χ3n) is 6.72. The molecule has 1 aliphatic carbocycles. The van der Waals surface area contributed by atoms with Crippen LogP contribution < -0.4 is 5.32 Å². The van der Waals surface area contributed by atoms with Crippen LogP contribution in [0.2, 0.25) is 0 Å². The van der Waals surface area contributed by atoms with Crippen LogP contribution >= 0.6 is 0 Å². The number of epoxide rings is 1. The lowest BCUT2D eigenvalue weighted by Gasteiger charge is -2.20. The molecule has 3 heterocycles. The SMILES string of the molecule is C=C1C(=O)O[C@H]2[C@H]1CC/C(COC(=O)NCCN1CCCC1)=C\CC[C@@]1(C)O[C@@H]21. The first-order valence-electron chi connectivity index (χ1n) is 10.8. The number of amides is 1. The fraction of sp³-hybridized carbons (Fsp3) is 0.727. The number of hydrogen-bond donors (Lipinski definition) is 1. The average molecular weight is 405 g/mol. The molecule has 4 atom stereocenters. The van der Waals surface area contributed by atoms with Crippen LogP contribution in [0.3, 0.4) is 0 Å². The molecule has 0 bridgehead atoms. The Kier molecular flexibility index (Phi) is 5.97. The third kappa shape index (κ3) is 4.67. The highest BCUT2D eigenvalue weighted by atomic mass is 16.6. The number of allylic oxidation sites excluding steroid dienone is 1. The van der Waals surface area contributed by atoms with E-state index in [1.807, 2.05) is 0 Å². The summed E-state index contributed by atoms with van der Waals surface area (Å²) in [6.45, 7) is 10.0. The molecule has 4 rings (SSSR count). The van der Waals surface area contributed by atoms with Gasteiger partial charge in [-0.2, -0.15) is 0 Å². The van der Waals surface area contributed by atoms with Crippen LogP contribution in [0.5, 0.6) is 0 Å². The first kappa shape index (κ1) is 20.4. The van der Waals surface area contributed by atoms with E-state index in [9.17, 15) is 9.59 Å². The van der Waals surface area contributed by atoms with E-state index < -0.39 is 0 Å². The number of hydrogen-bond acceptors (Lipinski definition) is 6. The van der Waals surface area contributed by atoms with Gasteiger partial charge in [0, 0.05) is 24.6 Å². The van der Waals surface area contributed by atoms with Crippen LogP contribution in [0.4, 0.5) is 4.79 Å². The van der Waals surface area contributed by atoms with Crippen molar-refractivity contribution >= 4 is 12.1 Å². The number of carbonyl (C=O) groups is 2. The van der Waals surface area contributed by atoms with Crippen LogP contribution in [-0.4, -0.2) is 67.6 Å². The molecule has 3 saturated heterocycles. The molecule has 0 radical (unpaired) electrons. The van der Waals surface area contributed by atoms with Crippen LogP contribution in [0.1, 0.15) is 45.4 Å². The highest BCUT2D eigenvalue weighted by Gasteiger charge is 2.61. The lowest BCUT2D eigenvalue weighted by molar-refractivity contribution is -0.140. The zero-order valence-electron chi connectivity index (χ0n) is 17.3. The average Bonchev–Trinajstić information content (AvgIpc) is 3.01. The summed E-state index contributed by atoms with van der Waals surface area (Å²) in [6.07, 6.45) is 7.20. The third-order valence-corrected chi connectivity index (χ3v) is 6.72. The molecule has 3 aliphatic heterocycles. The van der Waals surface area contributed by atoms with Gasteiger partial charge in [-0.15, -0.1) is 0 Å². The van der Waals surface area contributed by atoms with E-state index in [0.717, 1.165) is 50.9 Å². The van der Waals surface area contributed by atoms with E-state index in [-0.39, 0.29) is 42.4 Å². The Morgan fingerprint density at radius 1 is 1.41 bits per heavy atom. The summed E-state index contributed by atoms with van der Waals surface area (Å²) in [4.78, 5) is 26.4. The Bertz CT molecular complexity index is 699. The molecular weight excluding hydrogens is 372 g/mol. The van der Waals surface area contributed by atoms with Gasteiger partial charge < -0.3 is 24.4 Å². The summed E-state index contributed by atoms with van der Waals surface area (Å²) in [5, 5.41) is 2.84. The molecule has 0 unspecified atom stereocenters. The first-order valence-corrected chi connectivity index (χ1v) is 10.8. The van der Waals surface area contributed by atoms with E-state index in [0.29, 0.717) is 12.1 Å². The van der Waals surface area contributed by atoms with E-state index >= 15 is 0 Å². The summed E-state index contributed by atoms with van der Waals surface area (Å²) in [6, 6.07) is 0. The fourth-order valence-electron chi connectivity index (χ4n) is 4.78. The van der Waals surface area contributed by atoms with Gasteiger partial charge in [-0.25, -0.2) is 9.59 Å². The molecule has 0 spiro atoms.